The minimum Gasteiger partial charge on any atom is -0.330 e. The van der Waals surface area contributed by atoms with Gasteiger partial charge in [-0.05, 0) is 65.4 Å². The van der Waals surface area contributed by atoms with Gasteiger partial charge in [-0.1, -0.05) is 28.1 Å². The van der Waals surface area contributed by atoms with E-state index in [2.05, 4.69) is 57.0 Å². The standard InChI is InChI=1S/C14H16BrNS/c15-14-3-1-2-11(8-14)6-13(9-16)7-12-4-5-17-10-12/h1-5,8,10,13H,6-7,9,16H2. The second kappa shape index (κ2) is 6.34. The molecular weight excluding hydrogens is 294 g/mol. The summed E-state index contributed by atoms with van der Waals surface area (Å²) >= 11 is 5.26. The molecule has 0 bridgehead atoms. The van der Waals surface area contributed by atoms with E-state index in [9.17, 15) is 0 Å². The van der Waals surface area contributed by atoms with Crippen molar-refractivity contribution in [3.63, 3.8) is 0 Å². The molecule has 0 fully saturated rings. The van der Waals surface area contributed by atoms with E-state index in [1.54, 1.807) is 11.3 Å². The summed E-state index contributed by atoms with van der Waals surface area (Å²) in [5.74, 6) is 0.527. The Morgan fingerprint density at radius 2 is 2.00 bits per heavy atom. The first-order chi connectivity index (χ1) is 8.28. The molecule has 0 radical (unpaired) electrons. The number of hydrogen-bond donors (Lipinski definition) is 1. The Labute approximate surface area is 115 Å². The number of nitrogens with two attached hydrogens (primary N) is 1. The van der Waals surface area contributed by atoms with Gasteiger partial charge >= 0.3 is 0 Å². The van der Waals surface area contributed by atoms with Crippen LogP contribution in [0.1, 0.15) is 11.1 Å². The van der Waals surface area contributed by atoms with Gasteiger partial charge in [-0.3, -0.25) is 0 Å². The van der Waals surface area contributed by atoms with Crippen molar-refractivity contribution in [2.75, 3.05) is 6.54 Å². The van der Waals surface area contributed by atoms with E-state index < -0.39 is 0 Å². The molecule has 0 amide bonds. The molecule has 0 saturated heterocycles. The molecule has 0 aliphatic rings. The molecule has 2 N–H and O–H groups in total. The molecule has 0 aliphatic heterocycles. The third-order valence-corrected chi connectivity index (χ3v) is 4.08. The summed E-state index contributed by atoms with van der Waals surface area (Å²) in [6, 6.07) is 10.7. The highest BCUT2D eigenvalue weighted by molar-refractivity contribution is 9.10. The third kappa shape index (κ3) is 3.95. The van der Waals surface area contributed by atoms with Crippen LogP contribution in [0.15, 0.2) is 45.6 Å². The lowest BCUT2D eigenvalue weighted by atomic mass is 9.94. The van der Waals surface area contributed by atoms with E-state index in [0.717, 1.165) is 23.9 Å². The van der Waals surface area contributed by atoms with Crippen LogP contribution in [0.3, 0.4) is 0 Å². The van der Waals surface area contributed by atoms with Gasteiger partial charge in [0.25, 0.3) is 0 Å². The fourth-order valence-corrected chi connectivity index (χ4v) is 3.11. The molecule has 90 valence electrons. The fraction of sp³-hybridized carbons (Fsp3) is 0.286. The monoisotopic (exact) mass is 309 g/mol. The number of thiophene rings is 1. The highest BCUT2D eigenvalue weighted by atomic mass is 79.9. The number of benzene rings is 1. The maximum absolute atomic E-state index is 5.87. The summed E-state index contributed by atoms with van der Waals surface area (Å²) < 4.78 is 1.14. The van der Waals surface area contributed by atoms with Crippen molar-refractivity contribution in [2.24, 2.45) is 11.7 Å². The quantitative estimate of drug-likeness (QED) is 0.891. The van der Waals surface area contributed by atoms with E-state index in [1.165, 1.54) is 11.1 Å². The predicted octanol–water partition coefficient (Wildman–Crippen LogP) is 3.87. The highest BCUT2D eigenvalue weighted by Crippen LogP contribution is 2.18. The molecule has 3 heteroatoms. The molecule has 1 unspecified atom stereocenters. The zero-order valence-electron chi connectivity index (χ0n) is 9.60. The number of hydrogen-bond acceptors (Lipinski definition) is 2. The van der Waals surface area contributed by atoms with Crippen molar-refractivity contribution >= 4 is 27.3 Å². The summed E-state index contributed by atoms with van der Waals surface area (Å²) in [7, 11) is 0. The zero-order chi connectivity index (χ0) is 12.1. The van der Waals surface area contributed by atoms with Crippen molar-refractivity contribution in [1.29, 1.82) is 0 Å². The first-order valence-corrected chi connectivity index (χ1v) is 7.47. The average molecular weight is 310 g/mol. The lowest BCUT2D eigenvalue weighted by Crippen LogP contribution is -2.19. The largest absolute Gasteiger partial charge is 0.330 e. The van der Waals surface area contributed by atoms with Crippen LogP contribution < -0.4 is 5.73 Å². The maximum atomic E-state index is 5.87. The van der Waals surface area contributed by atoms with Crippen molar-refractivity contribution in [2.45, 2.75) is 12.8 Å². The molecule has 2 rings (SSSR count). The van der Waals surface area contributed by atoms with E-state index in [1.807, 2.05) is 0 Å². The van der Waals surface area contributed by atoms with Gasteiger partial charge in [-0.25, -0.2) is 0 Å². The minimum absolute atomic E-state index is 0.527. The molecule has 0 aliphatic carbocycles. The van der Waals surface area contributed by atoms with Gasteiger partial charge in [0.15, 0.2) is 0 Å². The third-order valence-electron chi connectivity index (χ3n) is 2.85. The van der Waals surface area contributed by atoms with Gasteiger partial charge in [0.05, 0.1) is 0 Å². The molecule has 17 heavy (non-hydrogen) atoms. The van der Waals surface area contributed by atoms with Crippen molar-refractivity contribution < 1.29 is 0 Å². The normalized spacial score (nSPS) is 12.6. The number of halogens is 1. The predicted molar refractivity (Wildman–Crippen MR) is 78.4 cm³/mol. The Bertz CT molecular complexity index is 453. The Kier molecular flexibility index (Phi) is 4.77. The van der Waals surface area contributed by atoms with Crippen LogP contribution in [0, 0.1) is 5.92 Å². The second-order valence-corrected chi connectivity index (χ2v) is 5.97. The van der Waals surface area contributed by atoms with E-state index >= 15 is 0 Å². The van der Waals surface area contributed by atoms with Gasteiger partial charge in [-0.15, -0.1) is 0 Å². The fourth-order valence-electron chi connectivity index (χ4n) is 1.98. The van der Waals surface area contributed by atoms with Crippen LogP contribution in [0.2, 0.25) is 0 Å². The van der Waals surface area contributed by atoms with Gasteiger partial charge < -0.3 is 5.73 Å². The van der Waals surface area contributed by atoms with Crippen LogP contribution in [0.4, 0.5) is 0 Å². The molecule has 1 heterocycles. The Balaban J connectivity index is 2.00. The lowest BCUT2D eigenvalue weighted by molar-refractivity contribution is 0.534. The molecule has 0 saturated carbocycles. The smallest absolute Gasteiger partial charge is 0.0177 e. The summed E-state index contributed by atoms with van der Waals surface area (Å²) in [5.41, 5.74) is 8.62. The van der Waals surface area contributed by atoms with E-state index in [4.69, 9.17) is 5.73 Å². The van der Waals surface area contributed by atoms with Gasteiger partial charge in [-0.2, -0.15) is 11.3 Å². The summed E-state index contributed by atoms with van der Waals surface area (Å²) in [4.78, 5) is 0. The van der Waals surface area contributed by atoms with Crippen LogP contribution in [-0.4, -0.2) is 6.54 Å². The molecule has 1 nitrogen and oxygen atoms in total. The summed E-state index contributed by atoms with van der Waals surface area (Å²) in [6.45, 7) is 0.738. The first kappa shape index (κ1) is 12.8. The summed E-state index contributed by atoms with van der Waals surface area (Å²) in [5, 5.41) is 4.34. The van der Waals surface area contributed by atoms with Gasteiger partial charge in [0.1, 0.15) is 0 Å². The number of rotatable bonds is 5. The van der Waals surface area contributed by atoms with Crippen LogP contribution in [0.25, 0.3) is 0 Å². The topological polar surface area (TPSA) is 26.0 Å². The van der Waals surface area contributed by atoms with Crippen molar-refractivity contribution in [3.05, 3.63) is 56.7 Å². The molecule has 1 aromatic heterocycles. The Morgan fingerprint density at radius 3 is 2.65 bits per heavy atom. The van der Waals surface area contributed by atoms with Gasteiger partial charge in [0, 0.05) is 4.47 Å². The van der Waals surface area contributed by atoms with E-state index in [0.29, 0.717) is 5.92 Å². The van der Waals surface area contributed by atoms with Crippen molar-refractivity contribution in [1.82, 2.24) is 0 Å². The first-order valence-electron chi connectivity index (χ1n) is 5.73. The van der Waals surface area contributed by atoms with Crippen LogP contribution in [0.5, 0.6) is 0 Å². The van der Waals surface area contributed by atoms with Crippen LogP contribution >= 0.6 is 27.3 Å². The molecule has 1 aromatic carbocycles. The Hall–Kier alpha value is -0.640. The van der Waals surface area contributed by atoms with Gasteiger partial charge in [0.2, 0.25) is 0 Å². The zero-order valence-corrected chi connectivity index (χ0v) is 12.0. The molecule has 2 aromatic rings. The molecule has 1 atom stereocenters. The SMILES string of the molecule is NCC(Cc1ccsc1)Cc1cccc(Br)c1. The minimum atomic E-state index is 0.527. The van der Waals surface area contributed by atoms with Crippen molar-refractivity contribution in [3.8, 4) is 0 Å². The summed E-state index contributed by atoms with van der Waals surface area (Å²) in [6.07, 6.45) is 2.12. The molecular formula is C14H16BrNS. The Morgan fingerprint density at radius 1 is 1.18 bits per heavy atom. The average Bonchev–Trinajstić information content (AvgIpc) is 2.81. The lowest BCUT2D eigenvalue weighted by Gasteiger charge is -2.14. The maximum Gasteiger partial charge on any atom is 0.0177 e. The second-order valence-electron chi connectivity index (χ2n) is 4.27. The highest BCUT2D eigenvalue weighted by Gasteiger charge is 2.09. The molecule has 0 spiro atoms. The van der Waals surface area contributed by atoms with Crippen LogP contribution in [-0.2, 0) is 12.8 Å². The van der Waals surface area contributed by atoms with E-state index in [-0.39, 0.29) is 0 Å².